The van der Waals surface area contributed by atoms with Crippen molar-refractivity contribution in [3.63, 3.8) is 0 Å². The number of hydrogen-bond acceptors (Lipinski definition) is 2. The quantitative estimate of drug-likeness (QED) is 0.629. The first-order valence-electron chi connectivity index (χ1n) is 5.48. The van der Waals surface area contributed by atoms with Gasteiger partial charge in [0.1, 0.15) is 0 Å². The van der Waals surface area contributed by atoms with Crippen molar-refractivity contribution in [1.82, 2.24) is 0 Å². The molecule has 0 fully saturated rings. The highest BCUT2D eigenvalue weighted by Crippen LogP contribution is 2.47. The van der Waals surface area contributed by atoms with Crippen LogP contribution in [0, 0.1) is 12.0 Å². The van der Waals surface area contributed by atoms with Crippen LogP contribution < -0.4 is 4.90 Å². The van der Waals surface area contributed by atoms with E-state index in [1.807, 2.05) is 6.92 Å². The molecular weight excluding hydrogens is 226 g/mol. The molecule has 2 aromatic rings. The summed E-state index contributed by atoms with van der Waals surface area (Å²) >= 11 is 1.80. The van der Waals surface area contributed by atoms with Gasteiger partial charge in [0.15, 0.2) is 0 Å². The van der Waals surface area contributed by atoms with Crippen molar-refractivity contribution >= 4 is 23.1 Å². The van der Waals surface area contributed by atoms with Gasteiger partial charge in [-0.05, 0) is 31.2 Å². The van der Waals surface area contributed by atoms with E-state index in [-0.39, 0.29) is 0 Å². The third kappa shape index (κ3) is 1.69. The first-order valence-corrected chi connectivity index (χ1v) is 6.30. The minimum atomic E-state index is 1.17. The van der Waals surface area contributed by atoms with Crippen molar-refractivity contribution in [1.29, 1.82) is 0 Å². The van der Waals surface area contributed by atoms with E-state index < -0.39 is 0 Å². The van der Waals surface area contributed by atoms with Gasteiger partial charge in [0.25, 0.3) is 0 Å². The molecule has 0 saturated heterocycles. The molecule has 0 unspecified atom stereocenters. The summed E-state index contributed by atoms with van der Waals surface area (Å²) in [6.07, 6.45) is 0. The van der Waals surface area contributed by atoms with E-state index in [0.29, 0.717) is 0 Å². The van der Waals surface area contributed by atoms with Crippen molar-refractivity contribution in [2.45, 2.75) is 16.7 Å². The summed E-state index contributed by atoms with van der Waals surface area (Å²) in [5, 5.41) is 0. The second-order valence-electron chi connectivity index (χ2n) is 3.73. The Bertz CT molecular complexity index is 577. The fraction of sp³-hybridized carbons (Fsp3) is 0.0667. The second-order valence-corrected chi connectivity index (χ2v) is 4.82. The van der Waals surface area contributed by atoms with Gasteiger partial charge in [-0.1, -0.05) is 41.9 Å². The molecule has 1 aliphatic rings. The van der Waals surface area contributed by atoms with Crippen molar-refractivity contribution in [3.05, 3.63) is 48.5 Å². The van der Waals surface area contributed by atoms with Crippen LogP contribution in [0.15, 0.2) is 58.3 Å². The predicted molar refractivity (Wildman–Crippen MR) is 72.6 cm³/mol. The van der Waals surface area contributed by atoms with Crippen molar-refractivity contribution in [3.8, 4) is 12.0 Å². The normalized spacial score (nSPS) is 12.2. The fourth-order valence-corrected chi connectivity index (χ4v) is 2.99. The minimum Gasteiger partial charge on any atom is -0.268 e. The lowest BCUT2D eigenvalue weighted by Crippen LogP contribution is -2.13. The molecule has 3 rings (SSSR count). The molecule has 0 bridgehead atoms. The molecule has 0 spiro atoms. The largest absolute Gasteiger partial charge is 0.268 e. The van der Waals surface area contributed by atoms with Crippen LogP contribution in [0.25, 0.3) is 0 Å². The van der Waals surface area contributed by atoms with E-state index in [2.05, 4.69) is 65.4 Å². The average Bonchev–Trinajstić information content (AvgIpc) is 2.39. The first kappa shape index (κ1) is 10.3. The lowest BCUT2D eigenvalue weighted by atomic mass is 10.2. The monoisotopic (exact) mass is 237 g/mol. The van der Waals surface area contributed by atoms with Gasteiger partial charge in [-0.15, -0.1) is 0 Å². The Balaban J connectivity index is 2.23. The van der Waals surface area contributed by atoms with E-state index >= 15 is 0 Å². The van der Waals surface area contributed by atoms with Gasteiger partial charge in [0.05, 0.1) is 11.4 Å². The molecule has 2 heteroatoms. The number of nitrogens with zero attached hydrogens (tertiary/aromatic N) is 1. The highest BCUT2D eigenvalue weighted by Gasteiger charge is 2.21. The van der Waals surface area contributed by atoms with Crippen molar-refractivity contribution in [2.24, 2.45) is 0 Å². The van der Waals surface area contributed by atoms with Gasteiger partial charge >= 0.3 is 0 Å². The van der Waals surface area contributed by atoms with Crippen molar-refractivity contribution in [2.75, 3.05) is 4.90 Å². The molecule has 17 heavy (non-hydrogen) atoms. The van der Waals surface area contributed by atoms with Crippen LogP contribution in [0.2, 0.25) is 0 Å². The number of anilines is 2. The summed E-state index contributed by atoms with van der Waals surface area (Å²) in [5.74, 6) is 2.99. The molecule has 0 atom stereocenters. The summed E-state index contributed by atoms with van der Waals surface area (Å²) in [4.78, 5) is 4.59. The van der Waals surface area contributed by atoms with Crippen LogP contribution >= 0.6 is 11.8 Å². The minimum absolute atomic E-state index is 1.17. The Morgan fingerprint density at radius 1 is 0.882 bits per heavy atom. The molecule has 0 saturated carbocycles. The smallest absolute Gasteiger partial charge is 0.0685 e. The van der Waals surface area contributed by atoms with Gasteiger partial charge in [-0.3, -0.25) is 4.90 Å². The maximum atomic E-state index is 3.17. The summed E-state index contributed by atoms with van der Waals surface area (Å²) in [6, 6.07) is 19.9. The molecule has 2 aromatic carbocycles. The average molecular weight is 237 g/mol. The summed E-state index contributed by atoms with van der Waals surface area (Å²) in [7, 11) is 0. The van der Waals surface area contributed by atoms with Gasteiger partial charge in [0.2, 0.25) is 0 Å². The summed E-state index contributed by atoms with van der Waals surface area (Å²) < 4.78 is 0. The summed E-state index contributed by atoms with van der Waals surface area (Å²) in [6.45, 7) is 1.87. The fourth-order valence-electron chi connectivity index (χ4n) is 1.94. The van der Waals surface area contributed by atoms with Crippen LogP contribution in [0.4, 0.5) is 11.4 Å². The summed E-state index contributed by atoms with van der Waals surface area (Å²) in [5.41, 5.74) is 2.34. The van der Waals surface area contributed by atoms with E-state index in [9.17, 15) is 0 Å². The Hall–Kier alpha value is -1.85. The van der Waals surface area contributed by atoms with Crippen LogP contribution in [0.1, 0.15) is 6.92 Å². The molecule has 1 nitrogen and oxygen atoms in total. The maximum absolute atomic E-state index is 3.17. The van der Waals surface area contributed by atoms with Gasteiger partial charge in [-0.25, -0.2) is 0 Å². The number of para-hydroxylation sites is 2. The molecule has 0 N–H and O–H groups in total. The van der Waals surface area contributed by atoms with Gasteiger partial charge < -0.3 is 0 Å². The standard InChI is InChI=1S/C15H11NS/c1-2-11-16-12-7-3-5-9-14(12)17-15-10-6-4-8-13(15)16/h3-10H,1H3. The lowest BCUT2D eigenvalue weighted by molar-refractivity contribution is 1.19. The molecule has 1 heterocycles. The Morgan fingerprint density at radius 2 is 1.41 bits per heavy atom. The highest BCUT2D eigenvalue weighted by molar-refractivity contribution is 7.99. The zero-order valence-corrected chi connectivity index (χ0v) is 10.3. The molecule has 1 aliphatic heterocycles. The van der Waals surface area contributed by atoms with E-state index in [1.165, 1.54) is 21.2 Å². The van der Waals surface area contributed by atoms with Crippen LogP contribution in [0.3, 0.4) is 0 Å². The SMILES string of the molecule is CC#CN1c2ccccc2Sc2ccccc21. The molecule has 82 valence electrons. The van der Waals surface area contributed by atoms with E-state index in [4.69, 9.17) is 0 Å². The number of fused-ring (bicyclic) bond motifs is 2. The zero-order chi connectivity index (χ0) is 11.7. The third-order valence-corrected chi connectivity index (χ3v) is 3.79. The first-order chi connectivity index (χ1) is 8.40. The number of hydrogen-bond donors (Lipinski definition) is 0. The van der Waals surface area contributed by atoms with Crippen molar-refractivity contribution < 1.29 is 0 Å². The topological polar surface area (TPSA) is 3.24 Å². The second kappa shape index (κ2) is 4.20. The highest BCUT2D eigenvalue weighted by atomic mass is 32.2. The molecule has 0 amide bonds. The molecule has 0 aliphatic carbocycles. The zero-order valence-electron chi connectivity index (χ0n) is 9.47. The Labute approximate surface area is 105 Å². The van der Waals surface area contributed by atoms with E-state index in [1.54, 1.807) is 11.8 Å². The number of rotatable bonds is 0. The van der Waals surface area contributed by atoms with Crippen LogP contribution in [-0.2, 0) is 0 Å². The molecule has 0 aromatic heterocycles. The van der Waals surface area contributed by atoms with Gasteiger partial charge in [0, 0.05) is 15.8 Å². The van der Waals surface area contributed by atoms with Crippen LogP contribution in [-0.4, -0.2) is 0 Å². The lowest BCUT2D eigenvalue weighted by Gasteiger charge is -2.27. The molecule has 0 radical (unpaired) electrons. The Kier molecular flexibility index (Phi) is 2.55. The number of benzene rings is 2. The van der Waals surface area contributed by atoms with Crippen LogP contribution in [0.5, 0.6) is 0 Å². The third-order valence-electron chi connectivity index (χ3n) is 2.66. The predicted octanol–water partition coefficient (Wildman–Crippen LogP) is 4.27. The van der Waals surface area contributed by atoms with Gasteiger partial charge in [-0.2, -0.15) is 0 Å². The Morgan fingerprint density at radius 3 is 1.94 bits per heavy atom. The maximum Gasteiger partial charge on any atom is 0.0685 e. The molecular formula is C15H11NS. The van der Waals surface area contributed by atoms with E-state index in [0.717, 1.165) is 0 Å².